The van der Waals surface area contributed by atoms with Crippen molar-refractivity contribution in [3.05, 3.63) is 53.3 Å². The van der Waals surface area contributed by atoms with Crippen molar-refractivity contribution < 1.29 is 23.5 Å². The van der Waals surface area contributed by atoms with Gasteiger partial charge in [0.05, 0.1) is 30.8 Å². The molecule has 0 radical (unpaired) electrons. The van der Waals surface area contributed by atoms with Crippen LogP contribution in [-0.4, -0.2) is 31.4 Å². The Labute approximate surface area is 158 Å². The maximum Gasteiger partial charge on any atom is 0.253 e. The summed E-state index contributed by atoms with van der Waals surface area (Å²) in [6, 6.07) is 8.80. The van der Waals surface area contributed by atoms with Crippen molar-refractivity contribution in [2.75, 3.05) is 24.9 Å². The van der Waals surface area contributed by atoms with Gasteiger partial charge in [0.1, 0.15) is 17.3 Å². The number of anilines is 1. The number of rotatable bonds is 7. The van der Waals surface area contributed by atoms with E-state index in [4.69, 9.17) is 9.47 Å². The number of methoxy groups -OCH3 is 2. The van der Waals surface area contributed by atoms with Gasteiger partial charge in [-0.15, -0.1) is 0 Å². The molecule has 0 heterocycles. The van der Waals surface area contributed by atoms with Gasteiger partial charge in [-0.1, -0.05) is 15.9 Å². The molecule has 0 bridgehead atoms. The summed E-state index contributed by atoms with van der Waals surface area (Å²) in [4.78, 5) is 24.0. The van der Waals surface area contributed by atoms with Crippen LogP contribution >= 0.6 is 15.9 Å². The molecule has 2 amide bonds. The summed E-state index contributed by atoms with van der Waals surface area (Å²) in [6.45, 7) is 0.161. The van der Waals surface area contributed by atoms with Gasteiger partial charge in [-0.25, -0.2) is 4.39 Å². The first-order valence-electron chi connectivity index (χ1n) is 7.63. The predicted molar refractivity (Wildman–Crippen MR) is 99.5 cm³/mol. The Balaban J connectivity index is 2.18. The molecule has 0 aromatic heterocycles. The van der Waals surface area contributed by atoms with Crippen LogP contribution < -0.4 is 20.1 Å². The molecule has 0 fully saturated rings. The normalized spacial score (nSPS) is 10.2. The molecule has 0 aliphatic heterocycles. The van der Waals surface area contributed by atoms with Gasteiger partial charge in [0.15, 0.2) is 0 Å². The van der Waals surface area contributed by atoms with Gasteiger partial charge < -0.3 is 20.1 Å². The topological polar surface area (TPSA) is 76.7 Å². The van der Waals surface area contributed by atoms with Crippen LogP contribution in [0, 0.1) is 5.82 Å². The Bertz CT molecular complexity index is 814. The number of hydrogen-bond donors (Lipinski definition) is 2. The zero-order valence-corrected chi connectivity index (χ0v) is 15.9. The number of amides is 2. The van der Waals surface area contributed by atoms with Crippen LogP contribution in [0.3, 0.4) is 0 Å². The molecular weight excluding hydrogens is 407 g/mol. The molecule has 0 atom stereocenters. The molecule has 0 spiro atoms. The number of nitrogens with one attached hydrogen (secondary N) is 2. The van der Waals surface area contributed by atoms with Crippen LogP contribution in [0.5, 0.6) is 11.5 Å². The summed E-state index contributed by atoms with van der Waals surface area (Å²) in [5.74, 6) is -0.262. The smallest absolute Gasteiger partial charge is 0.253 e. The summed E-state index contributed by atoms with van der Waals surface area (Å²) in [5.41, 5.74) is 0.992. The van der Waals surface area contributed by atoms with Crippen molar-refractivity contribution in [1.29, 1.82) is 0 Å². The molecule has 2 rings (SSSR count). The fourth-order valence-corrected chi connectivity index (χ4v) is 2.41. The van der Waals surface area contributed by atoms with Crippen LogP contribution in [0.4, 0.5) is 10.1 Å². The van der Waals surface area contributed by atoms with E-state index in [1.807, 2.05) is 0 Å². The van der Waals surface area contributed by atoms with E-state index >= 15 is 0 Å². The van der Waals surface area contributed by atoms with Gasteiger partial charge >= 0.3 is 0 Å². The minimum atomic E-state index is -0.575. The monoisotopic (exact) mass is 424 g/mol. The van der Waals surface area contributed by atoms with E-state index in [9.17, 15) is 14.0 Å². The zero-order chi connectivity index (χ0) is 19.1. The molecule has 2 N–H and O–H groups in total. The molecule has 0 aliphatic carbocycles. The summed E-state index contributed by atoms with van der Waals surface area (Å²) in [7, 11) is 3.06. The van der Waals surface area contributed by atoms with E-state index in [1.165, 1.54) is 19.2 Å². The predicted octanol–water partition coefficient (Wildman–Crippen LogP) is 3.11. The second-order valence-electron chi connectivity index (χ2n) is 5.23. The Morgan fingerprint density at radius 2 is 1.88 bits per heavy atom. The van der Waals surface area contributed by atoms with E-state index in [0.717, 1.165) is 11.6 Å². The highest BCUT2D eigenvalue weighted by Gasteiger charge is 2.15. The SMILES string of the molecule is COc1ccc(CNC(=O)c2cc(F)ccc2NC(=O)CBr)c(OC)c1. The lowest BCUT2D eigenvalue weighted by Gasteiger charge is -2.13. The van der Waals surface area contributed by atoms with Crippen LogP contribution in [0.1, 0.15) is 15.9 Å². The number of carbonyl (C=O) groups excluding carboxylic acids is 2. The quantitative estimate of drug-likeness (QED) is 0.669. The molecule has 6 nitrogen and oxygen atoms in total. The highest BCUT2D eigenvalue weighted by Crippen LogP contribution is 2.25. The third-order valence-electron chi connectivity index (χ3n) is 3.56. The van der Waals surface area contributed by atoms with Gasteiger partial charge in [-0.3, -0.25) is 9.59 Å². The van der Waals surface area contributed by atoms with E-state index < -0.39 is 11.7 Å². The van der Waals surface area contributed by atoms with Crippen LogP contribution in [-0.2, 0) is 11.3 Å². The number of halogens is 2. The van der Waals surface area contributed by atoms with Gasteiger partial charge in [0, 0.05) is 18.2 Å². The third kappa shape index (κ3) is 4.95. The van der Waals surface area contributed by atoms with Crippen molar-refractivity contribution in [2.45, 2.75) is 6.54 Å². The maximum atomic E-state index is 13.6. The Morgan fingerprint density at radius 1 is 1.12 bits per heavy atom. The van der Waals surface area contributed by atoms with Crippen molar-refractivity contribution in [3.63, 3.8) is 0 Å². The van der Waals surface area contributed by atoms with E-state index in [-0.39, 0.29) is 29.0 Å². The van der Waals surface area contributed by atoms with E-state index in [2.05, 4.69) is 26.6 Å². The van der Waals surface area contributed by atoms with Gasteiger partial charge in [0.25, 0.3) is 5.91 Å². The first-order valence-corrected chi connectivity index (χ1v) is 8.75. The largest absolute Gasteiger partial charge is 0.497 e. The molecule has 26 heavy (non-hydrogen) atoms. The molecule has 8 heteroatoms. The Kier molecular flexibility index (Phi) is 6.97. The number of hydrogen-bond acceptors (Lipinski definition) is 4. The highest BCUT2D eigenvalue weighted by molar-refractivity contribution is 9.09. The Hall–Kier alpha value is -2.61. The number of benzene rings is 2. The molecule has 0 saturated heterocycles. The lowest BCUT2D eigenvalue weighted by atomic mass is 10.1. The first-order chi connectivity index (χ1) is 12.5. The summed E-state index contributed by atoms with van der Waals surface area (Å²) >= 11 is 3.03. The zero-order valence-electron chi connectivity index (χ0n) is 14.3. The lowest BCUT2D eigenvalue weighted by molar-refractivity contribution is -0.113. The van der Waals surface area contributed by atoms with E-state index in [0.29, 0.717) is 11.5 Å². The molecule has 0 unspecified atom stereocenters. The average molecular weight is 425 g/mol. The van der Waals surface area contributed by atoms with E-state index in [1.54, 1.807) is 25.3 Å². The standard InChI is InChI=1S/C18H18BrFN2O4/c1-25-13-5-3-11(16(8-13)26-2)10-21-18(24)14-7-12(20)4-6-15(14)22-17(23)9-19/h3-8H,9-10H2,1-2H3,(H,21,24)(H,22,23). The molecule has 138 valence electrons. The minimum Gasteiger partial charge on any atom is -0.497 e. The Morgan fingerprint density at radius 3 is 2.54 bits per heavy atom. The van der Waals surface area contributed by atoms with Crippen LogP contribution in [0.2, 0.25) is 0 Å². The van der Waals surface area contributed by atoms with Crippen molar-refractivity contribution >= 4 is 33.4 Å². The molecule has 0 aliphatic rings. The van der Waals surface area contributed by atoms with Gasteiger partial charge in [-0.05, 0) is 30.3 Å². The molecule has 0 saturated carbocycles. The van der Waals surface area contributed by atoms with Crippen LogP contribution in [0.15, 0.2) is 36.4 Å². The average Bonchev–Trinajstić information content (AvgIpc) is 2.67. The van der Waals surface area contributed by atoms with Crippen molar-refractivity contribution in [1.82, 2.24) is 5.32 Å². The fraction of sp³-hybridized carbons (Fsp3) is 0.222. The number of carbonyl (C=O) groups is 2. The highest BCUT2D eigenvalue weighted by atomic mass is 79.9. The van der Waals surface area contributed by atoms with Crippen molar-refractivity contribution in [2.24, 2.45) is 0 Å². The third-order valence-corrected chi connectivity index (χ3v) is 4.06. The summed E-state index contributed by atoms with van der Waals surface area (Å²) in [6.07, 6.45) is 0. The number of alkyl halides is 1. The van der Waals surface area contributed by atoms with Gasteiger partial charge in [0.2, 0.25) is 5.91 Å². The summed E-state index contributed by atoms with van der Waals surface area (Å²) in [5, 5.41) is 5.31. The molecule has 2 aromatic rings. The van der Waals surface area contributed by atoms with Crippen LogP contribution in [0.25, 0.3) is 0 Å². The van der Waals surface area contributed by atoms with Crippen molar-refractivity contribution in [3.8, 4) is 11.5 Å². The van der Waals surface area contributed by atoms with Gasteiger partial charge in [-0.2, -0.15) is 0 Å². The molecule has 2 aromatic carbocycles. The fourth-order valence-electron chi connectivity index (χ4n) is 2.27. The second kappa shape index (κ2) is 9.19. The molecular formula is C18H18BrFN2O4. The summed E-state index contributed by atoms with van der Waals surface area (Å²) < 4.78 is 24.0. The second-order valence-corrected chi connectivity index (χ2v) is 5.79. The number of ether oxygens (including phenoxy) is 2. The lowest BCUT2D eigenvalue weighted by Crippen LogP contribution is -2.25. The first kappa shape index (κ1) is 19.7. The minimum absolute atomic E-state index is 0.0341. The maximum absolute atomic E-state index is 13.6.